The summed E-state index contributed by atoms with van der Waals surface area (Å²) in [4.78, 5) is 24.8. The van der Waals surface area contributed by atoms with Gasteiger partial charge < -0.3 is 4.90 Å². The second-order valence-corrected chi connectivity index (χ2v) is 8.64. The van der Waals surface area contributed by atoms with E-state index in [4.69, 9.17) is 5.26 Å². The van der Waals surface area contributed by atoms with Gasteiger partial charge in [-0.1, -0.05) is 30.7 Å². The molecule has 1 amide bonds. The summed E-state index contributed by atoms with van der Waals surface area (Å²) in [6, 6.07) is 17.8. The first kappa shape index (κ1) is 21.7. The number of hydrogen-bond donors (Lipinski definition) is 0. The van der Waals surface area contributed by atoms with E-state index in [-0.39, 0.29) is 11.9 Å². The molecule has 0 spiro atoms. The molecule has 0 N–H and O–H groups in total. The zero-order chi connectivity index (χ0) is 22.5. The predicted octanol–water partition coefficient (Wildman–Crippen LogP) is 5.20. The van der Waals surface area contributed by atoms with Crippen LogP contribution in [-0.2, 0) is 6.42 Å². The van der Waals surface area contributed by atoms with Crippen molar-refractivity contribution in [3.05, 3.63) is 83.3 Å². The number of nitrogens with zero attached hydrogens (tertiary/aromatic N) is 4. The molecule has 1 saturated heterocycles. The topological polar surface area (TPSA) is 69.9 Å². The molecule has 2 aromatic heterocycles. The van der Waals surface area contributed by atoms with E-state index in [2.05, 4.69) is 27.9 Å². The molecular weight excluding hydrogens is 396 g/mol. The Balaban J connectivity index is 1.60. The van der Waals surface area contributed by atoms with E-state index in [9.17, 15) is 4.79 Å². The van der Waals surface area contributed by atoms with Gasteiger partial charge in [-0.3, -0.25) is 14.8 Å². The van der Waals surface area contributed by atoms with Crippen LogP contribution in [0.3, 0.4) is 0 Å². The van der Waals surface area contributed by atoms with Gasteiger partial charge in [0, 0.05) is 41.8 Å². The Labute approximate surface area is 189 Å². The van der Waals surface area contributed by atoms with E-state index >= 15 is 0 Å². The first-order valence-electron chi connectivity index (χ1n) is 11.2. The van der Waals surface area contributed by atoms with E-state index in [0.717, 1.165) is 60.3 Å². The minimum absolute atomic E-state index is 0.0821. The Morgan fingerprint density at radius 3 is 2.78 bits per heavy atom. The van der Waals surface area contributed by atoms with E-state index in [1.165, 1.54) is 0 Å². The number of carbonyl (C=O) groups is 1. The lowest BCUT2D eigenvalue weighted by Crippen LogP contribution is -2.48. The molecule has 2 atom stereocenters. The number of aryl methyl sites for hydroxylation is 2. The standard InChI is InChI=1S/C27H28N4O/c1-19-8-12-23(25-7-3-4-14-29-25)24(16-19)27(32)31-15-5-6-20(2)26(31)13-11-22-10-9-21(17-28)18-30-22/h3-4,7-10,12,14,16,18,20,26H,5-6,11,13,15H2,1-2H3/t20-,26-/m1/s1. The summed E-state index contributed by atoms with van der Waals surface area (Å²) in [5.41, 5.74) is 5.01. The van der Waals surface area contributed by atoms with Gasteiger partial charge in [-0.25, -0.2) is 0 Å². The maximum absolute atomic E-state index is 13.8. The Morgan fingerprint density at radius 2 is 2.06 bits per heavy atom. The van der Waals surface area contributed by atoms with Gasteiger partial charge in [-0.2, -0.15) is 5.26 Å². The second kappa shape index (κ2) is 9.74. The molecule has 3 heterocycles. The van der Waals surface area contributed by atoms with Crippen LogP contribution in [0.25, 0.3) is 11.3 Å². The summed E-state index contributed by atoms with van der Waals surface area (Å²) < 4.78 is 0. The number of nitriles is 1. The highest BCUT2D eigenvalue weighted by atomic mass is 16.2. The van der Waals surface area contributed by atoms with Crippen molar-refractivity contribution in [2.45, 2.75) is 45.6 Å². The maximum Gasteiger partial charge on any atom is 0.254 e. The van der Waals surface area contributed by atoms with Crippen molar-refractivity contribution in [1.29, 1.82) is 5.26 Å². The second-order valence-electron chi connectivity index (χ2n) is 8.64. The molecule has 0 bridgehead atoms. The number of aromatic nitrogens is 2. The molecule has 5 heteroatoms. The highest BCUT2D eigenvalue weighted by Gasteiger charge is 2.33. The van der Waals surface area contributed by atoms with Crippen LogP contribution in [0.4, 0.5) is 0 Å². The van der Waals surface area contributed by atoms with Crippen LogP contribution in [0.15, 0.2) is 60.9 Å². The van der Waals surface area contributed by atoms with E-state index in [0.29, 0.717) is 11.5 Å². The molecule has 0 radical (unpaired) electrons. The monoisotopic (exact) mass is 424 g/mol. The van der Waals surface area contributed by atoms with Crippen LogP contribution in [0.1, 0.15) is 53.4 Å². The Morgan fingerprint density at radius 1 is 1.19 bits per heavy atom. The molecule has 5 nitrogen and oxygen atoms in total. The molecule has 1 aliphatic heterocycles. The largest absolute Gasteiger partial charge is 0.335 e. The zero-order valence-electron chi connectivity index (χ0n) is 18.7. The summed E-state index contributed by atoms with van der Waals surface area (Å²) in [5, 5.41) is 8.99. The third-order valence-corrected chi connectivity index (χ3v) is 6.37. The number of piperidine rings is 1. The van der Waals surface area contributed by atoms with Crippen molar-refractivity contribution < 1.29 is 4.79 Å². The van der Waals surface area contributed by atoms with E-state index in [1.54, 1.807) is 18.5 Å². The predicted molar refractivity (Wildman–Crippen MR) is 125 cm³/mol. The summed E-state index contributed by atoms with van der Waals surface area (Å²) in [7, 11) is 0. The normalized spacial score (nSPS) is 18.2. The quantitative estimate of drug-likeness (QED) is 0.565. The lowest BCUT2D eigenvalue weighted by atomic mass is 9.86. The first-order chi connectivity index (χ1) is 15.6. The fourth-order valence-electron chi connectivity index (χ4n) is 4.61. The van der Waals surface area contributed by atoms with Gasteiger partial charge in [-0.05, 0) is 68.9 Å². The number of benzene rings is 1. The first-order valence-corrected chi connectivity index (χ1v) is 11.2. The van der Waals surface area contributed by atoms with Crippen LogP contribution in [0, 0.1) is 24.2 Å². The number of carbonyl (C=O) groups excluding carboxylic acids is 1. The Hall–Kier alpha value is -3.52. The zero-order valence-corrected chi connectivity index (χ0v) is 18.7. The third kappa shape index (κ3) is 4.70. The van der Waals surface area contributed by atoms with Gasteiger partial charge in [0.05, 0.1) is 11.3 Å². The van der Waals surface area contributed by atoms with Crippen molar-refractivity contribution in [3.63, 3.8) is 0 Å². The number of rotatable bonds is 5. The molecule has 1 fully saturated rings. The molecule has 4 rings (SSSR count). The van der Waals surface area contributed by atoms with Crippen molar-refractivity contribution >= 4 is 5.91 Å². The lowest BCUT2D eigenvalue weighted by Gasteiger charge is -2.40. The van der Waals surface area contributed by atoms with Gasteiger partial charge in [0.2, 0.25) is 0 Å². The molecule has 0 saturated carbocycles. The van der Waals surface area contributed by atoms with Crippen LogP contribution >= 0.6 is 0 Å². The van der Waals surface area contributed by atoms with E-state index < -0.39 is 0 Å². The molecule has 162 valence electrons. The van der Waals surface area contributed by atoms with Crippen LogP contribution in [0.5, 0.6) is 0 Å². The van der Waals surface area contributed by atoms with E-state index in [1.807, 2.05) is 49.4 Å². The Kier molecular flexibility index (Phi) is 6.61. The summed E-state index contributed by atoms with van der Waals surface area (Å²) in [6.45, 7) is 5.03. The van der Waals surface area contributed by atoms with Crippen molar-refractivity contribution in [2.75, 3.05) is 6.54 Å². The van der Waals surface area contributed by atoms with Gasteiger partial charge in [-0.15, -0.1) is 0 Å². The minimum atomic E-state index is 0.0821. The van der Waals surface area contributed by atoms with Crippen LogP contribution < -0.4 is 0 Å². The summed E-state index contributed by atoms with van der Waals surface area (Å²) in [5.74, 6) is 0.507. The van der Waals surface area contributed by atoms with Crippen molar-refractivity contribution in [1.82, 2.24) is 14.9 Å². The van der Waals surface area contributed by atoms with Gasteiger partial charge in [0.15, 0.2) is 0 Å². The van der Waals surface area contributed by atoms with Crippen LogP contribution in [-0.4, -0.2) is 33.4 Å². The van der Waals surface area contributed by atoms with Crippen molar-refractivity contribution in [2.24, 2.45) is 5.92 Å². The highest BCUT2D eigenvalue weighted by Crippen LogP contribution is 2.31. The molecule has 0 unspecified atom stereocenters. The summed E-state index contributed by atoms with van der Waals surface area (Å²) >= 11 is 0. The fraction of sp³-hybridized carbons (Fsp3) is 0.333. The lowest BCUT2D eigenvalue weighted by molar-refractivity contribution is 0.0499. The number of likely N-dealkylation sites (tertiary alicyclic amines) is 1. The van der Waals surface area contributed by atoms with Crippen LogP contribution in [0.2, 0.25) is 0 Å². The average molecular weight is 425 g/mol. The fourth-order valence-corrected chi connectivity index (χ4v) is 4.61. The number of hydrogen-bond acceptors (Lipinski definition) is 4. The molecule has 1 aromatic carbocycles. The maximum atomic E-state index is 13.8. The molecule has 0 aliphatic carbocycles. The van der Waals surface area contributed by atoms with Crippen molar-refractivity contribution in [3.8, 4) is 17.3 Å². The SMILES string of the molecule is Cc1ccc(-c2ccccn2)c(C(=O)N2CCC[C@@H](C)[C@H]2CCc2ccc(C#N)cn2)c1. The van der Waals surface area contributed by atoms with Gasteiger partial charge in [0.1, 0.15) is 6.07 Å². The molecule has 32 heavy (non-hydrogen) atoms. The Bertz CT molecular complexity index is 1120. The molecular formula is C27H28N4O. The number of amides is 1. The molecule has 1 aliphatic rings. The summed E-state index contributed by atoms with van der Waals surface area (Å²) in [6.07, 6.45) is 7.16. The smallest absolute Gasteiger partial charge is 0.254 e. The van der Waals surface area contributed by atoms with Gasteiger partial charge in [0.25, 0.3) is 5.91 Å². The number of pyridine rings is 2. The van der Waals surface area contributed by atoms with Gasteiger partial charge >= 0.3 is 0 Å². The third-order valence-electron chi connectivity index (χ3n) is 6.37. The average Bonchev–Trinajstić information content (AvgIpc) is 2.83. The highest BCUT2D eigenvalue weighted by molar-refractivity contribution is 6.01. The minimum Gasteiger partial charge on any atom is -0.335 e. The molecule has 3 aromatic rings.